The number of ether oxygens (including phenoxy) is 2. The maximum Gasteiger partial charge on any atom is 0.263 e. The number of amides is 1. The summed E-state index contributed by atoms with van der Waals surface area (Å²) in [5.41, 5.74) is 2.49. The lowest BCUT2D eigenvalue weighted by Gasteiger charge is -2.22. The largest absolute Gasteiger partial charge is 0.493 e. The predicted octanol–water partition coefficient (Wildman–Crippen LogP) is 4.56. The van der Waals surface area contributed by atoms with Crippen molar-refractivity contribution in [1.29, 1.82) is 0 Å². The van der Waals surface area contributed by atoms with E-state index < -0.39 is 0 Å². The molecule has 0 unspecified atom stereocenters. The highest BCUT2D eigenvalue weighted by Crippen LogP contribution is 2.35. The van der Waals surface area contributed by atoms with Gasteiger partial charge in [-0.05, 0) is 43.2 Å². The van der Waals surface area contributed by atoms with Crippen molar-refractivity contribution in [2.24, 2.45) is 0 Å². The zero-order chi connectivity index (χ0) is 21.8. The molecule has 1 amide bonds. The molecule has 0 bridgehead atoms. The smallest absolute Gasteiger partial charge is 0.263 e. The normalized spacial score (nSPS) is 10.9. The van der Waals surface area contributed by atoms with Crippen molar-refractivity contribution in [3.63, 3.8) is 0 Å². The average Bonchev–Trinajstić information content (AvgIpc) is 3.45. The summed E-state index contributed by atoms with van der Waals surface area (Å²) >= 11 is 1.52. The van der Waals surface area contributed by atoms with Gasteiger partial charge in [-0.3, -0.25) is 9.69 Å². The van der Waals surface area contributed by atoms with Crippen molar-refractivity contribution in [3.8, 4) is 11.5 Å². The summed E-state index contributed by atoms with van der Waals surface area (Å²) in [6, 6.07) is 11.4. The van der Waals surface area contributed by atoms with Crippen LogP contribution in [0, 0.1) is 6.92 Å². The molecule has 0 saturated carbocycles. The fourth-order valence-electron chi connectivity index (χ4n) is 3.45. The van der Waals surface area contributed by atoms with Crippen molar-refractivity contribution in [3.05, 3.63) is 66.2 Å². The van der Waals surface area contributed by atoms with Gasteiger partial charge in [-0.25, -0.2) is 9.97 Å². The van der Waals surface area contributed by atoms with Crippen LogP contribution >= 0.6 is 11.3 Å². The number of aryl methyl sites for hydroxylation is 2. The highest BCUT2D eigenvalue weighted by molar-refractivity contribution is 7.22. The monoisotopic (exact) mass is 436 g/mol. The quantitative estimate of drug-likeness (QED) is 0.405. The molecule has 0 aliphatic heterocycles. The molecule has 2 aromatic carbocycles. The molecular formula is C23H24N4O3S. The molecule has 0 spiro atoms. The van der Waals surface area contributed by atoms with E-state index in [1.54, 1.807) is 49.8 Å². The Kier molecular flexibility index (Phi) is 6.18. The second kappa shape index (κ2) is 9.18. The molecule has 0 aliphatic carbocycles. The molecule has 0 aliphatic rings. The van der Waals surface area contributed by atoms with Gasteiger partial charge in [0, 0.05) is 25.5 Å². The number of aromatic nitrogens is 3. The first-order valence-electron chi connectivity index (χ1n) is 9.96. The van der Waals surface area contributed by atoms with Crippen molar-refractivity contribution in [2.45, 2.75) is 19.9 Å². The predicted molar refractivity (Wildman–Crippen MR) is 122 cm³/mol. The zero-order valence-electron chi connectivity index (χ0n) is 17.7. The van der Waals surface area contributed by atoms with Gasteiger partial charge in [0.05, 0.1) is 36.3 Å². The number of anilines is 1. The van der Waals surface area contributed by atoms with E-state index in [1.165, 1.54) is 11.3 Å². The molecule has 0 radical (unpaired) electrons. The van der Waals surface area contributed by atoms with Crippen LogP contribution in [0.1, 0.15) is 22.3 Å². The number of thiazole rings is 1. The SMILES string of the molecule is COc1cccc(C(=O)N(CCCn2ccnc2)c2nc3ccc(C)cc3s2)c1OC. The number of para-hydroxylation sites is 1. The maximum absolute atomic E-state index is 13.7. The first kappa shape index (κ1) is 20.9. The number of methoxy groups -OCH3 is 2. The van der Waals surface area contributed by atoms with E-state index in [4.69, 9.17) is 14.5 Å². The molecule has 8 heteroatoms. The highest BCUT2D eigenvalue weighted by Gasteiger charge is 2.25. The molecule has 4 rings (SSSR count). The highest BCUT2D eigenvalue weighted by atomic mass is 32.1. The van der Waals surface area contributed by atoms with Gasteiger partial charge >= 0.3 is 0 Å². The summed E-state index contributed by atoms with van der Waals surface area (Å²) in [6.07, 6.45) is 6.19. The van der Waals surface area contributed by atoms with E-state index >= 15 is 0 Å². The van der Waals surface area contributed by atoms with Gasteiger partial charge < -0.3 is 14.0 Å². The number of carbonyl (C=O) groups excluding carboxylic acids is 1. The second-order valence-electron chi connectivity index (χ2n) is 7.12. The van der Waals surface area contributed by atoms with Crippen molar-refractivity contribution >= 4 is 32.6 Å². The Hall–Kier alpha value is -3.39. The molecule has 2 aromatic heterocycles. The third kappa shape index (κ3) is 4.39. The maximum atomic E-state index is 13.7. The second-order valence-corrected chi connectivity index (χ2v) is 8.13. The van der Waals surface area contributed by atoms with E-state index in [0.29, 0.717) is 28.7 Å². The van der Waals surface area contributed by atoms with Gasteiger partial charge in [0.1, 0.15) is 0 Å². The Morgan fingerprint density at radius 2 is 2.06 bits per heavy atom. The van der Waals surface area contributed by atoms with Gasteiger partial charge in [-0.1, -0.05) is 23.5 Å². The van der Waals surface area contributed by atoms with Gasteiger partial charge in [0.25, 0.3) is 5.91 Å². The van der Waals surface area contributed by atoms with Crippen LogP contribution < -0.4 is 14.4 Å². The number of benzene rings is 2. The summed E-state index contributed by atoms with van der Waals surface area (Å²) in [4.78, 5) is 24.2. The Balaban J connectivity index is 1.69. The number of nitrogens with zero attached hydrogens (tertiary/aromatic N) is 4. The Labute approximate surface area is 184 Å². The van der Waals surface area contributed by atoms with Crippen LogP contribution in [0.15, 0.2) is 55.1 Å². The minimum absolute atomic E-state index is 0.169. The summed E-state index contributed by atoms with van der Waals surface area (Å²) < 4.78 is 13.9. The summed E-state index contributed by atoms with van der Waals surface area (Å²) in [5.74, 6) is 0.773. The van der Waals surface area contributed by atoms with Crippen LogP contribution in [0.4, 0.5) is 5.13 Å². The van der Waals surface area contributed by atoms with E-state index in [1.807, 2.05) is 29.8 Å². The van der Waals surface area contributed by atoms with E-state index in [0.717, 1.165) is 28.7 Å². The average molecular weight is 437 g/mol. The number of fused-ring (bicyclic) bond motifs is 1. The van der Waals surface area contributed by atoms with Crippen LogP contribution in [-0.4, -0.2) is 41.2 Å². The number of hydrogen-bond donors (Lipinski definition) is 0. The lowest BCUT2D eigenvalue weighted by molar-refractivity contribution is 0.0982. The lowest BCUT2D eigenvalue weighted by Crippen LogP contribution is -2.32. The number of carbonyl (C=O) groups is 1. The fraction of sp³-hybridized carbons (Fsp3) is 0.261. The Morgan fingerprint density at radius 1 is 1.19 bits per heavy atom. The fourth-order valence-corrected chi connectivity index (χ4v) is 4.54. The standard InChI is InChI=1S/C23H24N4O3S/c1-16-8-9-18-20(14-16)31-23(25-18)27(12-5-11-26-13-10-24-15-26)22(28)17-6-4-7-19(29-2)21(17)30-3/h4,6-10,13-15H,5,11-12H2,1-3H3. The number of hydrogen-bond acceptors (Lipinski definition) is 6. The van der Waals surface area contributed by atoms with E-state index in [9.17, 15) is 4.79 Å². The van der Waals surface area contributed by atoms with Gasteiger partial charge in [0.15, 0.2) is 16.6 Å². The van der Waals surface area contributed by atoms with Crippen LogP contribution in [0.2, 0.25) is 0 Å². The summed E-state index contributed by atoms with van der Waals surface area (Å²) in [6.45, 7) is 3.31. The van der Waals surface area contributed by atoms with Crippen LogP contribution in [-0.2, 0) is 6.54 Å². The van der Waals surface area contributed by atoms with Crippen molar-refractivity contribution in [2.75, 3.05) is 25.7 Å². The molecular weight excluding hydrogens is 412 g/mol. The van der Waals surface area contributed by atoms with Crippen LogP contribution in [0.3, 0.4) is 0 Å². The lowest BCUT2D eigenvalue weighted by atomic mass is 10.1. The minimum Gasteiger partial charge on any atom is -0.493 e. The van der Waals surface area contributed by atoms with E-state index in [-0.39, 0.29) is 5.91 Å². The molecule has 0 atom stereocenters. The molecule has 160 valence electrons. The Morgan fingerprint density at radius 3 is 2.81 bits per heavy atom. The van der Waals surface area contributed by atoms with Crippen molar-refractivity contribution in [1.82, 2.24) is 14.5 Å². The van der Waals surface area contributed by atoms with Gasteiger partial charge in [-0.15, -0.1) is 0 Å². The Bertz CT molecular complexity index is 1190. The van der Waals surface area contributed by atoms with Crippen molar-refractivity contribution < 1.29 is 14.3 Å². The van der Waals surface area contributed by atoms with Gasteiger partial charge in [-0.2, -0.15) is 0 Å². The number of rotatable bonds is 8. The first-order valence-corrected chi connectivity index (χ1v) is 10.8. The third-order valence-corrected chi connectivity index (χ3v) is 6.04. The molecule has 0 fully saturated rings. The van der Waals surface area contributed by atoms with Crippen LogP contribution in [0.25, 0.3) is 10.2 Å². The first-order chi connectivity index (χ1) is 15.1. The van der Waals surface area contributed by atoms with Gasteiger partial charge in [0.2, 0.25) is 0 Å². The molecule has 0 N–H and O–H groups in total. The third-order valence-electron chi connectivity index (χ3n) is 5.00. The summed E-state index contributed by atoms with van der Waals surface area (Å²) in [7, 11) is 3.10. The molecule has 0 saturated heterocycles. The molecule has 2 heterocycles. The molecule has 31 heavy (non-hydrogen) atoms. The molecule has 4 aromatic rings. The number of imidazole rings is 1. The summed E-state index contributed by atoms with van der Waals surface area (Å²) in [5, 5.41) is 0.668. The zero-order valence-corrected chi connectivity index (χ0v) is 18.6. The van der Waals surface area contributed by atoms with Crippen LogP contribution in [0.5, 0.6) is 11.5 Å². The minimum atomic E-state index is -0.169. The topological polar surface area (TPSA) is 69.5 Å². The van der Waals surface area contributed by atoms with E-state index in [2.05, 4.69) is 11.1 Å². The molecule has 7 nitrogen and oxygen atoms in total.